The first-order chi connectivity index (χ1) is 7.67. The van der Waals surface area contributed by atoms with E-state index in [0.29, 0.717) is 0 Å². The van der Waals surface area contributed by atoms with Gasteiger partial charge >= 0.3 is 0 Å². The van der Waals surface area contributed by atoms with Crippen LogP contribution in [0.2, 0.25) is 18.1 Å². The Morgan fingerprint density at radius 2 is 1.88 bits per heavy atom. The van der Waals surface area contributed by atoms with E-state index < -0.39 is 8.32 Å². The summed E-state index contributed by atoms with van der Waals surface area (Å²) >= 11 is 2.23. The highest BCUT2D eigenvalue weighted by atomic mass is 127. The van der Waals surface area contributed by atoms with Crippen LogP contribution in [0.15, 0.2) is 18.2 Å². The van der Waals surface area contributed by atoms with Crippen LogP contribution in [0.25, 0.3) is 0 Å². The summed E-state index contributed by atoms with van der Waals surface area (Å²) in [5.74, 6) is 0.876. The van der Waals surface area contributed by atoms with Gasteiger partial charge in [-0.2, -0.15) is 0 Å². The first-order valence-corrected chi connectivity index (χ1v) is 9.74. The zero-order valence-corrected chi connectivity index (χ0v) is 14.3. The molecule has 0 heterocycles. The zero-order valence-electron chi connectivity index (χ0n) is 11.2. The molecular weight excluding hydrogens is 343 g/mol. The number of benzene rings is 1. The quantitative estimate of drug-likeness (QED) is 0.645. The third-order valence-electron chi connectivity index (χ3n) is 3.37. The number of aliphatic hydroxyl groups excluding tert-OH is 1. The van der Waals surface area contributed by atoms with E-state index in [1.165, 1.54) is 0 Å². The van der Waals surface area contributed by atoms with Gasteiger partial charge < -0.3 is 9.53 Å². The average Bonchev–Trinajstić information content (AvgIpc) is 2.19. The molecule has 0 radical (unpaired) electrons. The molecule has 2 nitrogen and oxygen atoms in total. The lowest BCUT2D eigenvalue weighted by atomic mass is 10.2. The fraction of sp³-hybridized carbons (Fsp3) is 0.538. The average molecular weight is 364 g/mol. The van der Waals surface area contributed by atoms with E-state index in [2.05, 4.69) is 56.5 Å². The Balaban J connectivity index is 2.96. The van der Waals surface area contributed by atoms with Crippen molar-refractivity contribution in [2.24, 2.45) is 0 Å². The van der Waals surface area contributed by atoms with Crippen LogP contribution in [0.3, 0.4) is 0 Å². The lowest BCUT2D eigenvalue weighted by Crippen LogP contribution is -2.43. The number of aliphatic hydroxyl groups is 1. The van der Waals surface area contributed by atoms with Crippen LogP contribution in [-0.4, -0.2) is 13.4 Å². The minimum absolute atomic E-state index is 0.0625. The second-order valence-electron chi connectivity index (χ2n) is 5.77. The van der Waals surface area contributed by atoms with Crippen molar-refractivity contribution in [2.45, 2.75) is 45.5 Å². The van der Waals surface area contributed by atoms with E-state index in [4.69, 9.17) is 4.43 Å². The van der Waals surface area contributed by atoms with Crippen molar-refractivity contribution in [3.8, 4) is 5.75 Å². The summed E-state index contributed by atoms with van der Waals surface area (Å²) < 4.78 is 7.26. The Labute approximate surface area is 119 Å². The minimum Gasteiger partial charge on any atom is -0.543 e. The molecule has 0 aliphatic heterocycles. The van der Waals surface area contributed by atoms with Gasteiger partial charge in [-0.1, -0.05) is 20.8 Å². The Kier molecular flexibility index (Phi) is 4.65. The molecule has 0 unspecified atom stereocenters. The summed E-state index contributed by atoms with van der Waals surface area (Å²) in [7, 11) is -1.78. The summed E-state index contributed by atoms with van der Waals surface area (Å²) in [5.41, 5.74) is 0.932. The molecule has 0 atom stereocenters. The molecule has 0 aliphatic rings. The maximum Gasteiger partial charge on any atom is 0.250 e. The summed E-state index contributed by atoms with van der Waals surface area (Å²) in [5, 5.41) is 9.44. The van der Waals surface area contributed by atoms with Crippen LogP contribution in [0, 0.1) is 3.57 Å². The van der Waals surface area contributed by atoms with Crippen LogP contribution >= 0.6 is 22.6 Å². The molecule has 0 bridgehead atoms. The van der Waals surface area contributed by atoms with E-state index in [0.717, 1.165) is 14.9 Å². The van der Waals surface area contributed by atoms with Gasteiger partial charge in [0, 0.05) is 3.57 Å². The van der Waals surface area contributed by atoms with Crippen molar-refractivity contribution in [3.05, 3.63) is 27.3 Å². The third-order valence-corrected chi connectivity index (χ3v) is 8.78. The van der Waals surface area contributed by atoms with E-state index in [1.807, 2.05) is 18.2 Å². The highest BCUT2D eigenvalue weighted by Crippen LogP contribution is 2.37. The monoisotopic (exact) mass is 364 g/mol. The zero-order chi connectivity index (χ0) is 13.3. The first-order valence-electron chi connectivity index (χ1n) is 5.76. The van der Waals surface area contributed by atoms with Gasteiger partial charge in [0.1, 0.15) is 5.75 Å². The first kappa shape index (κ1) is 15.0. The van der Waals surface area contributed by atoms with Gasteiger partial charge in [-0.15, -0.1) is 0 Å². The topological polar surface area (TPSA) is 29.5 Å². The van der Waals surface area contributed by atoms with E-state index in [9.17, 15) is 5.11 Å². The molecule has 0 fully saturated rings. The van der Waals surface area contributed by atoms with Crippen LogP contribution in [-0.2, 0) is 6.61 Å². The SMILES string of the molecule is CC(C)(C)[Si](C)(C)Oc1ccc(I)c(CO)c1. The summed E-state index contributed by atoms with van der Waals surface area (Å²) in [6.07, 6.45) is 0. The van der Waals surface area contributed by atoms with Gasteiger partial charge in [-0.05, 0) is 64.5 Å². The summed E-state index contributed by atoms with van der Waals surface area (Å²) in [6, 6.07) is 5.93. The molecule has 96 valence electrons. The van der Waals surface area contributed by atoms with E-state index in [1.54, 1.807) is 0 Å². The number of hydrogen-bond donors (Lipinski definition) is 1. The highest BCUT2D eigenvalue weighted by Gasteiger charge is 2.38. The Morgan fingerprint density at radius 1 is 1.29 bits per heavy atom. The standard InChI is InChI=1S/C13H21IO2Si/c1-13(2,3)17(4,5)16-11-6-7-12(14)10(8-11)9-15/h6-8,15H,9H2,1-5H3. The normalized spacial score (nSPS) is 12.6. The van der Waals surface area contributed by atoms with Crippen molar-refractivity contribution in [3.63, 3.8) is 0 Å². The highest BCUT2D eigenvalue weighted by molar-refractivity contribution is 14.1. The molecular formula is C13H21IO2Si. The van der Waals surface area contributed by atoms with Crippen LogP contribution in [0.4, 0.5) is 0 Å². The molecule has 1 aromatic rings. The molecule has 17 heavy (non-hydrogen) atoms. The van der Waals surface area contributed by atoms with E-state index in [-0.39, 0.29) is 11.6 Å². The molecule has 0 amide bonds. The summed E-state index contributed by atoms with van der Waals surface area (Å²) in [4.78, 5) is 0. The van der Waals surface area contributed by atoms with Crippen molar-refractivity contribution in [2.75, 3.05) is 0 Å². The van der Waals surface area contributed by atoms with E-state index >= 15 is 0 Å². The maximum atomic E-state index is 9.25. The van der Waals surface area contributed by atoms with Crippen LogP contribution < -0.4 is 4.43 Å². The maximum absolute atomic E-state index is 9.25. The smallest absolute Gasteiger partial charge is 0.250 e. The predicted octanol–water partition coefficient (Wildman–Crippen LogP) is 4.17. The molecule has 0 saturated carbocycles. The molecule has 4 heteroatoms. The molecule has 0 saturated heterocycles. The minimum atomic E-state index is -1.78. The summed E-state index contributed by atoms with van der Waals surface area (Å²) in [6.45, 7) is 11.2. The Hall–Kier alpha value is -0.0731. The molecule has 1 aromatic carbocycles. The van der Waals surface area contributed by atoms with Crippen molar-refractivity contribution < 1.29 is 9.53 Å². The van der Waals surface area contributed by atoms with Gasteiger partial charge in [-0.3, -0.25) is 0 Å². The second-order valence-corrected chi connectivity index (χ2v) is 11.7. The van der Waals surface area contributed by atoms with Gasteiger partial charge in [-0.25, -0.2) is 0 Å². The van der Waals surface area contributed by atoms with Gasteiger partial charge in [0.25, 0.3) is 0 Å². The fourth-order valence-electron chi connectivity index (χ4n) is 1.18. The molecule has 0 spiro atoms. The predicted molar refractivity (Wildman–Crippen MR) is 82.9 cm³/mol. The molecule has 1 rings (SSSR count). The van der Waals surface area contributed by atoms with Crippen molar-refractivity contribution >= 4 is 30.9 Å². The van der Waals surface area contributed by atoms with Gasteiger partial charge in [0.15, 0.2) is 0 Å². The molecule has 0 aliphatic carbocycles. The number of halogens is 1. The molecule has 0 aromatic heterocycles. The number of rotatable bonds is 3. The fourth-order valence-corrected chi connectivity index (χ4v) is 2.71. The van der Waals surface area contributed by atoms with Crippen LogP contribution in [0.5, 0.6) is 5.75 Å². The van der Waals surface area contributed by atoms with Gasteiger partial charge in [0.2, 0.25) is 8.32 Å². The van der Waals surface area contributed by atoms with Crippen molar-refractivity contribution in [1.82, 2.24) is 0 Å². The number of hydrogen-bond acceptors (Lipinski definition) is 2. The largest absolute Gasteiger partial charge is 0.543 e. The van der Waals surface area contributed by atoms with Crippen molar-refractivity contribution in [1.29, 1.82) is 0 Å². The molecule has 1 N–H and O–H groups in total. The second kappa shape index (κ2) is 5.28. The lowest BCUT2D eigenvalue weighted by Gasteiger charge is -2.36. The Bertz CT molecular complexity index is 397. The third kappa shape index (κ3) is 3.69. The lowest BCUT2D eigenvalue weighted by molar-refractivity contribution is 0.280. The Morgan fingerprint density at radius 3 is 2.35 bits per heavy atom. The van der Waals surface area contributed by atoms with Gasteiger partial charge in [0.05, 0.1) is 6.61 Å². The van der Waals surface area contributed by atoms with Crippen LogP contribution in [0.1, 0.15) is 26.3 Å².